The number of ether oxygens (including phenoxy) is 1. The first-order valence-electron chi connectivity index (χ1n) is 9.21. The Bertz CT molecular complexity index is 1010. The Kier molecular flexibility index (Phi) is 8.81. The topological polar surface area (TPSA) is 50.7 Å². The van der Waals surface area contributed by atoms with Gasteiger partial charge in [0.15, 0.2) is 0 Å². The first kappa shape index (κ1) is 22.4. The van der Waals surface area contributed by atoms with E-state index in [4.69, 9.17) is 16.3 Å². The molecule has 3 aromatic carbocycles. The van der Waals surface area contributed by atoms with Gasteiger partial charge in [0, 0.05) is 20.8 Å². The lowest BCUT2D eigenvalue weighted by Gasteiger charge is -2.07. The summed E-state index contributed by atoms with van der Waals surface area (Å²) in [6.45, 7) is 0.403. The molecule has 0 unspecified atom stereocenters. The predicted molar refractivity (Wildman–Crippen MR) is 128 cm³/mol. The maximum absolute atomic E-state index is 11.9. The molecule has 30 heavy (non-hydrogen) atoms. The van der Waals surface area contributed by atoms with E-state index >= 15 is 0 Å². The highest BCUT2D eigenvalue weighted by Crippen LogP contribution is 2.21. The minimum atomic E-state index is -0.136. The normalized spacial score (nSPS) is 10.9. The Morgan fingerprint density at radius 2 is 1.73 bits per heavy atom. The number of hydrogen-bond donors (Lipinski definition) is 1. The summed E-state index contributed by atoms with van der Waals surface area (Å²) in [7, 11) is 0. The predicted octanol–water partition coefficient (Wildman–Crippen LogP) is 6.07. The van der Waals surface area contributed by atoms with E-state index in [-0.39, 0.29) is 5.91 Å². The Morgan fingerprint density at radius 3 is 2.47 bits per heavy atom. The van der Waals surface area contributed by atoms with Crippen LogP contribution in [0.2, 0.25) is 5.02 Å². The molecule has 0 atom stereocenters. The van der Waals surface area contributed by atoms with Crippen LogP contribution in [0.5, 0.6) is 5.75 Å². The highest BCUT2D eigenvalue weighted by atomic mass is 79.9. The van der Waals surface area contributed by atoms with Crippen LogP contribution in [0.1, 0.15) is 16.7 Å². The minimum Gasteiger partial charge on any atom is -0.489 e. The molecule has 0 aliphatic rings. The third kappa shape index (κ3) is 7.20. The van der Waals surface area contributed by atoms with E-state index in [0.29, 0.717) is 17.4 Å². The zero-order valence-corrected chi connectivity index (χ0v) is 19.2. The van der Waals surface area contributed by atoms with Crippen LogP contribution in [0.15, 0.2) is 82.4 Å². The number of nitrogens with one attached hydrogen (secondary N) is 1. The number of hydrazone groups is 1. The molecule has 0 aliphatic heterocycles. The van der Waals surface area contributed by atoms with E-state index in [1.54, 1.807) is 6.21 Å². The molecule has 0 heterocycles. The molecular weight excluding hydrogens is 484 g/mol. The van der Waals surface area contributed by atoms with Crippen molar-refractivity contribution in [2.24, 2.45) is 5.10 Å². The van der Waals surface area contributed by atoms with Gasteiger partial charge in [-0.1, -0.05) is 63.9 Å². The fourth-order valence-corrected chi connectivity index (χ4v) is 4.13. The van der Waals surface area contributed by atoms with Crippen LogP contribution in [-0.2, 0) is 17.2 Å². The third-order valence-corrected chi connectivity index (χ3v) is 6.21. The molecular formula is C23H20BrClN2O2S. The fraction of sp³-hybridized carbons (Fsp3) is 0.130. The number of benzene rings is 3. The van der Waals surface area contributed by atoms with E-state index in [1.807, 2.05) is 72.8 Å². The van der Waals surface area contributed by atoms with Crippen LogP contribution < -0.4 is 10.2 Å². The second kappa shape index (κ2) is 11.8. The van der Waals surface area contributed by atoms with Crippen LogP contribution in [0.3, 0.4) is 0 Å². The standard InChI is InChI=1S/C23H20BrClN2O2S/c24-21-7-3-1-6-19(21)15-30-16-23(28)27-26-13-17-9-11-20(12-10-17)29-14-18-5-2-4-8-22(18)25/h1-13H,14-16H2,(H,27,28)/b26-13+. The van der Waals surface area contributed by atoms with Gasteiger partial charge in [0.25, 0.3) is 0 Å². The Balaban J connectivity index is 1.40. The van der Waals surface area contributed by atoms with E-state index < -0.39 is 0 Å². The Hall–Kier alpha value is -2.28. The zero-order chi connectivity index (χ0) is 21.2. The molecule has 0 saturated carbocycles. The minimum absolute atomic E-state index is 0.136. The lowest BCUT2D eigenvalue weighted by molar-refractivity contribution is -0.118. The SMILES string of the molecule is O=C(CSCc1ccccc1Br)N/N=C/c1ccc(OCc2ccccc2Cl)cc1. The summed E-state index contributed by atoms with van der Waals surface area (Å²) in [6.07, 6.45) is 1.61. The monoisotopic (exact) mass is 502 g/mol. The van der Waals surface area contributed by atoms with E-state index in [9.17, 15) is 4.79 Å². The average molecular weight is 504 g/mol. The summed E-state index contributed by atoms with van der Waals surface area (Å²) in [6, 6.07) is 23.0. The van der Waals surface area contributed by atoms with Gasteiger partial charge in [-0.3, -0.25) is 4.79 Å². The quantitative estimate of drug-likeness (QED) is 0.285. The van der Waals surface area contributed by atoms with Crippen LogP contribution in [0.4, 0.5) is 0 Å². The molecule has 3 aromatic rings. The molecule has 0 radical (unpaired) electrons. The number of hydrogen-bond acceptors (Lipinski definition) is 4. The van der Waals surface area contributed by atoms with Crippen molar-refractivity contribution < 1.29 is 9.53 Å². The van der Waals surface area contributed by atoms with Crippen molar-refractivity contribution in [2.75, 3.05) is 5.75 Å². The van der Waals surface area contributed by atoms with Gasteiger partial charge in [-0.25, -0.2) is 5.43 Å². The van der Waals surface area contributed by atoms with Crippen LogP contribution in [0.25, 0.3) is 0 Å². The van der Waals surface area contributed by atoms with Gasteiger partial charge in [-0.15, -0.1) is 11.8 Å². The molecule has 0 bridgehead atoms. The molecule has 7 heteroatoms. The van der Waals surface area contributed by atoms with Gasteiger partial charge >= 0.3 is 0 Å². The van der Waals surface area contributed by atoms with Crippen molar-refractivity contribution in [1.29, 1.82) is 0 Å². The van der Waals surface area contributed by atoms with Crippen molar-refractivity contribution in [3.8, 4) is 5.75 Å². The van der Waals surface area contributed by atoms with E-state index in [2.05, 4.69) is 26.5 Å². The van der Waals surface area contributed by atoms with Crippen molar-refractivity contribution in [3.63, 3.8) is 0 Å². The first-order valence-corrected chi connectivity index (χ1v) is 11.5. The van der Waals surface area contributed by atoms with Gasteiger partial charge in [-0.05, 0) is 47.5 Å². The summed E-state index contributed by atoms with van der Waals surface area (Å²) in [5, 5.41) is 4.70. The molecule has 154 valence electrons. The molecule has 3 rings (SSSR count). The Labute approximate surface area is 193 Å². The number of carbonyl (C=O) groups excluding carboxylic acids is 1. The summed E-state index contributed by atoms with van der Waals surface area (Å²) in [5.41, 5.74) is 5.51. The third-order valence-electron chi connectivity index (χ3n) is 4.08. The zero-order valence-electron chi connectivity index (χ0n) is 16.1. The molecule has 0 aliphatic carbocycles. The molecule has 0 fully saturated rings. The van der Waals surface area contributed by atoms with E-state index in [0.717, 1.165) is 32.7 Å². The van der Waals surface area contributed by atoms with Crippen LogP contribution >= 0.6 is 39.3 Å². The number of nitrogens with zero attached hydrogens (tertiary/aromatic N) is 1. The number of carbonyl (C=O) groups is 1. The van der Waals surface area contributed by atoms with Crippen LogP contribution in [-0.4, -0.2) is 17.9 Å². The molecule has 0 saturated heterocycles. The molecule has 1 amide bonds. The average Bonchev–Trinajstić information content (AvgIpc) is 2.75. The lowest BCUT2D eigenvalue weighted by atomic mass is 10.2. The number of amides is 1. The van der Waals surface area contributed by atoms with Crippen molar-refractivity contribution >= 4 is 51.4 Å². The van der Waals surface area contributed by atoms with Gasteiger partial charge in [0.1, 0.15) is 12.4 Å². The van der Waals surface area contributed by atoms with Gasteiger partial charge in [0.05, 0.1) is 12.0 Å². The van der Waals surface area contributed by atoms with Crippen molar-refractivity contribution in [2.45, 2.75) is 12.4 Å². The van der Waals surface area contributed by atoms with Crippen LogP contribution in [0, 0.1) is 0 Å². The number of halogens is 2. The summed E-state index contributed by atoms with van der Waals surface area (Å²) in [5.74, 6) is 1.70. The van der Waals surface area contributed by atoms with Gasteiger partial charge in [-0.2, -0.15) is 5.10 Å². The Morgan fingerprint density at radius 1 is 1.03 bits per heavy atom. The molecule has 4 nitrogen and oxygen atoms in total. The first-order chi connectivity index (χ1) is 14.6. The maximum Gasteiger partial charge on any atom is 0.250 e. The summed E-state index contributed by atoms with van der Waals surface area (Å²) in [4.78, 5) is 11.9. The molecule has 0 spiro atoms. The highest BCUT2D eigenvalue weighted by Gasteiger charge is 2.03. The largest absolute Gasteiger partial charge is 0.489 e. The van der Waals surface area contributed by atoms with Gasteiger partial charge in [0.2, 0.25) is 5.91 Å². The van der Waals surface area contributed by atoms with Gasteiger partial charge < -0.3 is 4.74 Å². The summed E-state index contributed by atoms with van der Waals surface area (Å²) < 4.78 is 6.81. The highest BCUT2D eigenvalue weighted by molar-refractivity contribution is 9.10. The van der Waals surface area contributed by atoms with Crippen molar-refractivity contribution in [3.05, 3.63) is 99.0 Å². The lowest BCUT2D eigenvalue weighted by Crippen LogP contribution is -2.19. The number of thioether (sulfide) groups is 1. The fourth-order valence-electron chi connectivity index (χ4n) is 2.51. The smallest absolute Gasteiger partial charge is 0.250 e. The second-order valence-electron chi connectivity index (χ2n) is 6.33. The second-order valence-corrected chi connectivity index (χ2v) is 8.57. The maximum atomic E-state index is 11.9. The molecule has 1 N–H and O–H groups in total. The van der Waals surface area contributed by atoms with Crippen molar-refractivity contribution in [1.82, 2.24) is 5.43 Å². The van der Waals surface area contributed by atoms with E-state index in [1.165, 1.54) is 11.8 Å². The molecule has 0 aromatic heterocycles. The summed E-state index contributed by atoms with van der Waals surface area (Å²) >= 11 is 11.2. The number of rotatable bonds is 9.